The van der Waals surface area contributed by atoms with Gasteiger partial charge >= 0.3 is 0 Å². The molecule has 1 N–H and O–H groups in total. The van der Waals surface area contributed by atoms with E-state index < -0.39 is 0 Å². The molecule has 0 spiro atoms. The fraction of sp³-hybridized carbons (Fsp3) is 0.846. The molecule has 0 aromatic carbocycles. The fourth-order valence-electron chi connectivity index (χ4n) is 2.02. The molecular weight excluding hydrogens is 186 g/mol. The van der Waals surface area contributed by atoms with Crippen LogP contribution in [0.2, 0.25) is 0 Å². The minimum atomic E-state index is 0.456. The van der Waals surface area contributed by atoms with Crippen molar-refractivity contribution >= 4 is 0 Å². The Bertz CT molecular complexity index is 189. The highest BCUT2D eigenvalue weighted by atomic mass is 16.5. The Labute approximate surface area is 94.1 Å². The second-order valence-electron chi connectivity index (χ2n) is 4.69. The highest BCUT2D eigenvalue weighted by molar-refractivity contribution is 4.81. The quantitative estimate of drug-likeness (QED) is 0.557. The molecule has 2 heteroatoms. The van der Waals surface area contributed by atoms with Gasteiger partial charge in [0.15, 0.2) is 0 Å². The first kappa shape index (κ1) is 12.7. The lowest BCUT2D eigenvalue weighted by molar-refractivity contribution is -0.0241. The van der Waals surface area contributed by atoms with Crippen LogP contribution in [-0.2, 0) is 4.74 Å². The van der Waals surface area contributed by atoms with Crippen molar-refractivity contribution in [3.63, 3.8) is 0 Å². The van der Waals surface area contributed by atoms with Crippen molar-refractivity contribution in [2.24, 2.45) is 5.92 Å². The standard InChI is InChI=1S/C13H25NO/c1-4-5-6-8-14-12-7-9-15-13(10-12)11(2)3/h4-5,11-14H,6-10H2,1-3H3/b5-4+. The van der Waals surface area contributed by atoms with Crippen LogP contribution in [0.1, 0.15) is 40.0 Å². The monoisotopic (exact) mass is 211 g/mol. The minimum Gasteiger partial charge on any atom is -0.378 e. The summed E-state index contributed by atoms with van der Waals surface area (Å²) in [5, 5.41) is 3.61. The zero-order chi connectivity index (χ0) is 11.1. The number of ether oxygens (including phenoxy) is 1. The zero-order valence-electron chi connectivity index (χ0n) is 10.3. The second-order valence-corrected chi connectivity index (χ2v) is 4.69. The van der Waals surface area contributed by atoms with Gasteiger partial charge in [0.2, 0.25) is 0 Å². The van der Waals surface area contributed by atoms with Gasteiger partial charge in [-0.05, 0) is 38.6 Å². The first-order valence-corrected chi connectivity index (χ1v) is 6.20. The normalized spacial score (nSPS) is 27.7. The van der Waals surface area contributed by atoms with Gasteiger partial charge in [-0.25, -0.2) is 0 Å². The molecule has 1 fully saturated rings. The molecule has 0 radical (unpaired) electrons. The van der Waals surface area contributed by atoms with E-state index in [1.54, 1.807) is 0 Å². The molecule has 2 nitrogen and oxygen atoms in total. The molecule has 88 valence electrons. The number of rotatable bonds is 5. The maximum absolute atomic E-state index is 5.74. The van der Waals surface area contributed by atoms with E-state index in [0.717, 1.165) is 19.6 Å². The summed E-state index contributed by atoms with van der Waals surface area (Å²) in [5.74, 6) is 0.644. The summed E-state index contributed by atoms with van der Waals surface area (Å²) in [6.07, 6.45) is 8.26. The molecule has 0 aliphatic carbocycles. The first-order valence-electron chi connectivity index (χ1n) is 6.20. The molecule has 1 heterocycles. The number of allylic oxidation sites excluding steroid dienone is 1. The third-order valence-corrected chi connectivity index (χ3v) is 3.04. The lowest BCUT2D eigenvalue weighted by atomic mass is 9.95. The Morgan fingerprint density at radius 1 is 1.47 bits per heavy atom. The topological polar surface area (TPSA) is 21.3 Å². The van der Waals surface area contributed by atoms with Gasteiger partial charge in [-0.15, -0.1) is 0 Å². The SMILES string of the molecule is C/C=C/CCNC1CCOC(C(C)C)C1. The molecule has 0 aromatic rings. The van der Waals surface area contributed by atoms with Crippen LogP contribution in [0.5, 0.6) is 0 Å². The molecule has 0 amide bonds. The van der Waals surface area contributed by atoms with Crippen LogP contribution >= 0.6 is 0 Å². The van der Waals surface area contributed by atoms with E-state index in [-0.39, 0.29) is 0 Å². The molecule has 1 aliphatic rings. The van der Waals surface area contributed by atoms with E-state index in [1.807, 2.05) is 0 Å². The molecule has 1 rings (SSSR count). The van der Waals surface area contributed by atoms with E-state index >= 15 is 0 Å². The van der Waals surface area contributed by atoms with Crippen molar-refractivity contribution in [1.82, 2.24) is 5.32 Å². The molecular formula is C13H25NO. The van der Waals surface area contributed by atoms with Gasteiger partial charge in [-0.3, -0.25) is 0 Å². The van der Waals surface area contributed by atoms with E-state index in [2.05, 4.69) is 38.2 Å². The van der Waals surface area contributed by atoms with Gasteiger partial charge in [-0.1, -0.05) is 26.0 Å². The van der Waals surface area contributed by atoms with E-state index in [0.29, 0.717) is 18.1 Å². The Hall–Kier alpha value is -0.340. The zero-order valence-corrected chi connectivity index (χ0v) is 10.3. The van der Waals surface area contributed by atoms with Crippen LogP contribution in [0, 0.1) is 5.92 Å². The molecule has 0 bridgehead atoms. The van der Waals surface area contributed by atoms with Crippen molar-refractivity contribution < 1.29 is 4.74 Å². The Kier molecular flexibility index (Phi) is 5.96. The van der Waals surface area contributed by atoms with Crippen molar-refractivity contribution in [3.8, 4) is 0 Å². The Morgan fingerprint density at radius 3 is 2.93 bits per heavy atom. The largest absolute Gasteiger partial charge is 0.378 e. The number of hydrogen-bond donors (Lipinski definition) is 1. The van der Waals surface area contributed by atoms with Gasteiger partial charge in [0, 0.05) is 12.6 Å². The van der Waals surface area contributed by atoms with Crippen molar-refractivity contribution in [1.29, 1.82) is 0 Å². The van der Waals surface area contributed by atoms with E-state index in [9.17, 15) is 0 Å². The highest BCUT2D eigenvalue weighted by Crippen LogP contribution is 2.19. The maximum atomic E-state index is 5.74. The van der Waals surface area contributed by atoms with E-state index in [1.165, 1.54) is 12.8 Å². The van der Waals surface area contributed by atoms with Gasteiger partial charge in [-0.2, -0.15) is 0 Å². The van der Waals surface area contributed by atoms with Crippen LogP contribution in [0.4, 0.5) is 0 Å². The van der Waals surface area contributed by atoms with Crippen LogP contribution < -0.4 is 5.32 Å². The van der Waals surface area contributed by atoms with Gasteiger partial charge < -0.3 is 10.1 Å². The Morgan fingerprint density at radius 2 is 2.27 bits per heavy atom. The Balaban J connectivity index is 2.18. The number of hydrogen-bond acceptors (Lipinski definition) is 2. The van der Waals surface area contributed by atoms with Crippen molar-refractivity contribution in [2.75, 3.05) is 13.2 Å². The van der Waals surface area contributed by atoms with Crippen LogP contribution in [0.25, 0.3) is 0 Å². The summed E-state index contributed by atoms with van der Waals surface area (Å²) >= 11 is 0. The summed E-state index contributed by atoms with van der Waals surface area (Å²) in [6, 6.07) is 0.663. The summed E-state index contributed by atoms with van der Waals surface area (Å²) in [7, 11) is 0. The van der Waals surface area contributed by atoms with E-state index in [4.69, 9.17) is 4.74 Å². The highest BCUT2D eigenvalue weighted by Gasteiger charge is 2.23. The third-order valence-electron chi connectivity index (χ3n) is 3.04. The third kappa shape index (κ3) is 4.80. The summed E-state index contributed by atoms with van der Waals surface area (Å²) in [5.41, 5.74) is 0. The average molecular weight is 211 g/mol. The predicted molar refractivity (Wildman–Crippen MR) is 65.0 cm³/mol. The molecule has 2 atom stereocenters. The lowest BCUT2D eigenvalue weighted by Gasteiger charge is -2.32. The molecule has 2 unspecified atom stereocenters. The summed E-state index contributed by atoms with van der Waals surface area (Å²) < 4.78 is 5.74. The van der Waals surface area contributed by atoms with Crippen molar-refractivity contribution in [2.45, 2.75) is 52.2 Å². The van der Waals surface area contributed by atoms with Crippen LogP contribution in [-0.4, -0.2) is 25.3 Å². The molecule has 1 aliphatic heterocycles. The summed E-state index contributed by atoms with van der Waals surface area (Å²) in [6.45, 7) is 8.58. The molecule has 0 aromatic heterocycles. The summed E-state index contributed by atoms with van der Waals surface area (Å²) in [4.78, 5) is 0. The molecule has 15 heavy (non-hydrogen) atoms. The molecule has 0 saturated carbocycles. The predicted octanol–water partition coefficient (Wildman–Crippen LogP) is 2.75. The van der Waals surface area contributed by atoms with Gasteiger partial charge in [0.25, 0.3) is 0 Å². The second kappa shape index (κ2) is 7.02. The maximum Gasteiger partial charge on any atom is 0.0612 e. The van der Waals surface area contributed by atoms with Gasteiger partial charge in [0.1, 0.15) is 0 Å². The number of nitrogens with one attached hydrogen (secondary N) is 1. The minimum absolute atomic E-state index is 0.456. The van der Waals surface area contributed by atoms with Crippen molar-refractivity contribution in [3.05, 3.63) is 12.2 Å². The van der Waals surface area contributed by atoms with Gasteiger partial charge in [0.05, 0.1) is 6.10 Å². The molecule has 1 saturated heterocycles. The van der Waals surface area contributed by atoms with Crippen LogP contribution in [0.3, 0.4) is 0 Å². The van der Waals surface area contributed by atoms with Crippen LogP contribution in [0.15, 0.2) is 12.2 Å². The fourth-order valence-corrected chi connectivity index (χ4v) is 2.02. The first-order chi connectivity index (χ1) is 7.24. The lowest BCUT2D eigenvalue weighted by Crippen LogP contribution is -2.41. The smallest absolute Gasteiger partial charge is 0.0612 e. The average Bonchev–Trinajstić information content (AvgIpc) is 2.25.